The molecule has 156 valence electrons. The number of Topliss-reactive ketones (excluding diaryl/α,β-unsaturated/α-hetero) is 1. The van der Waals surface area contributed by atoms with E-state index in [-0.39, 0.29) is 30.1 Å². The van der Waals surface area contributed by atoms with Crippen LogP contribution in [0.1, 0.15) is 68.1 Å². The summed E-state index contributed by atoms with van der Waals surface area (Å²) in [6.45, 7) is 1.32. The first-order chi connectivity index (χ1) is 14.1. The van der Waals surface area contributed by atoms with Gasteiger partial charge in [-0.1, -0.05) is 32.1 Å². The van der Waals surface area contributed by atoms with Crippen LogP contribution in [-0.4, -0.2) is 42.2 Å². The topological polar surface area (TPSA) is 75.7 Å². The van der Waals surface area contributed by atoms with Crippen molar-refractivity contribution in [1.29, 1.82) is 0 Å². The molecular weight excluding hydrogens is 368 g/mol. The van der Waals surface area contributed by atoms with E-state index in [0.717, 1.165) is 12.3 Å². The van der Waals surface area contributed by atoms with E-state index in [4.69, 9.17) is 4.74 Å². The van der Waals surface area contributed by atoms with E-state index in [1.165, 1.54) is 32.1 Å². The maximum atomic E-state index is 12.9. The van der Waals surface area contributed by atoms with Crippen LogP contribution >= 0.6 is 0 Å². The van der Waals surface area contributed by atoms with Gasteiger partial charge in [-0.15, -0.1) is 0 Å². The van der Waals surface area contributed by atoms with Gasteiger partial charge in [0.25, 0.3) is 5.91 Å². The van der Waals surface area contributed by atoms with Crippen LogP contribution in [0.15, 0.2) is 18.2 Å². The fourth-order valence-corrected chi connectivity index (χ4v) is 4.82. The number of ketones is 1. The van der Waals surface area contributed by atoms with Gasteiger partial charge in [-0.05, 0) is 43.4 Å². The van der Waals surface area contributed by atoms with Crippen molar-refractivity contribution in [3.05, 3.63) is 23.8 Å². The summed E-state index contributed by atoms with van der Waals surface area (Å²) in [5, 5.41) is 2.75. The van der Waals surface area contributed by atoms with Gasteiger partial charge in [0, 0.05) is 31.0 Å². The molecule has 1 aromatic rings. The number of nitrogens with one attached hydrogen (secondary N) is 1. The molecule has 0 spiro atoms. The number of likely N-dealkylation sites (tertiary alicyclic amines) is 1. The van der Waals surface area contributed by atoms with Crippen LogP contribution < -0.4 is 10.1 Å². The van der Waals surface area contributed by atoms with Crippen molar-refractivity contribution >= 4 is 23.3 Å². The Kier molecular flexibility index (Phi) is 6.16. The van der Waals surface area contributed by atoms with Gasteiger partial charge < -0.3 is 15.0 Å². The van der Waals surface area contributed by atoms with Gasteiger partial charge in [0.2, 0.25) is 5.91 Å². The van der Waals surface area contributed by atoms with E-state index in [2.05, 4.69) is 5.32 Å². The SMILES string of the molecule is O=C1COc2ccc(C(=O)C3CCN(C(=O)CCC4CCCCC4)CC3)cc2N1. The molecule has 4 rings (SSSR count). The minimum absolute atomic E-state index is 0.00747. The number of rotatable bonds is 5. The summed E-state index contributed by atoms with van der Waals surface area (Å²) >= 11 is 0. The van der Waals surface area contributed by atoms with Crippen LogP contribution in [0.5, 0.6) is 5.75 Å². The quantitative estimate of drug-likeness (QED) is 0.766. The molecule has 1 aliphatic carbocycles. The molecule has 1 saturated carbocycles. The van der Waals surface area contributed by atoms with Crippen LogP contribution in [-0.2, 0) is 9.59 Å². The Balaban J connectivity index is 1.28. The van der Waals surface area contributed by atoms with Crippen molar-refractivity contribution in [2.24, 2.45) is 11.8 Å². The number of benzene rings is 1. The molecule has 2 aliphatic heterocycles. The average Bonchev–Trinajstić information content (AvgIpc) is 2.77. The molecule has 2 heterocycles. The van der Waals surface area contributed by atoms with Crippen molar-refractivity contribution in [2.75, 3.05) is 25.0 Å². The van der Waals surface area contributed by atoms with Crippen molar-refractivity contribution < 1.29 is 19.1 Å². The summed E-state index contributed by atoms with van der Waals surface area (Å²) in [6, 6.07) is 5.21. The van der Waals surface area contributed by atoms with Crippen LogP contribution in [0.25, 0.3) is 0 Å². The third-order valence-electron chi connectivity index (χ3n) is 6.61. The van der Waals surface area contributed by atoms with Crippen molar-refractivity contribution in [1.82, 2.24) is 4.90 Å². The maximum Gasteiger partial charge on any atom is 0.262 e. The largest absolute Gasteiger partial charge is 0.482 e. The zero-order valence-electron chi connectivity index (χ0n) is 17.0. The molecule has 0 atom stereocenters. The number of amides is 2. The molecule has 2 amide bonds. The fourth-order valence-electron chi connectivity index (χ4n) is 4.82. The van der Waals surface area contributed by atoms with E-state index in [1.807, 2.05) is 4.90 Å². The summed E-state index contributed by atoms with van der Waals surface area (Å²) in [7, 11) is 0. The molecule has 6 heteroatoms. The second-order valence-corrected chi connectivity index (χ2v) is 8.61. The van der Waals surface area contributed by atoms with Crippen molar-refractivity contribution in [3.63, 3.8) is 0 Å². The number of fused-ring (bicyclic) bond motifs is 1. The lowest BCUT2D eigenvalue weighted by Gasteiger charge is -2.32. The summed E-state index contributed by atoms with van der Waals surface area (Å²) in [4.78, 5) is 38.9. The Labute approximate surface area is 172 Å². The molecule has 1 saturated heterocycles. The van der Waals surface area contributed by atoms with Gasteiger partial charge in [0.05, 0.1) is 5.69 Å². The van der Waals surface area contributed by atoms with E-state index in [1.54, 1.807) is 18.2 Å². The number of anilines is 1. The highest BCUT2D eigenvalue weighted by Crippen LogP contribution is 2.31. The third kappa shape index (κ3) is 4.80. The van der Waals surface area contributed by atoms with Gasteiger partial charge in [-0.3, -0.25) is 14.4 Å². The molecular formula is C23H30N2O4. The van der Waals surface area contributed by atoms with E-state index < -0.39 is 0 Å². The number of carbonyl (C=O) groups excluding carboxylic acids is 3. The molecule has 0 bridgehead atoms. The van der Waals surface area contributed by atoms with Gasteiger partial charge in [0.15, 0.2) is 12.4 Å². The van der Waals surface area contributed by atoms with Gasteiger partial charge in [0.1, 0.15) is 5.75 Å². The monoisotopic (exact) mass is 398 g/mol. The van der Waals surface area contributed by atoms with Gasteiger partial charge >= 0.3 is 0 Å². The molecule has 1 N–H and O–H groups in total. The number of hydrogen-bond acceptors (Lipinski definition) is 4. The molecule has 29 heavy (non-hydrogen) atoms. The van der Waals surface area contributed by atoms with Crippen LogP contribution in [0.3, 0.4) is 0 Å². The second-order valence-electron chi connectivity index (χ2n) is 8.61. The first-order valence-corrected chi connectivity index (χ1v) is 11.0. The Morgan fingerprint density at radius 1 is 1.07 bits per heavy atom. The maximum absolute atomic E-state index is 12.9. The third-order valence-corrected chi connectivity index (χ3v) is 6.61. The number of ether oxygens (including phenoxy) is 1. The zero-order valence-corrected chi connectivity index (χ0v) is 17.0. The number of nitrogens with zero attached hydrogens (tertiary/aromatic N) is 1. The lowest BCUT2D eigenvalue weighted by Crippen LogP contribution is -2.40. The van der Waals surface area contributed by atoms with Crippen LogP contribution in [0, 0.1) is 11.8 Å². The summed E-state index contributed by atoms with van der Waals surface area (Å²) < 4.78 is 5.36. The lowest BCUT2D eigenvalue weighted by atomic mass is 9.85. The predicted octanol–water partition coefficient (Wildman–Crippen LogP) is 3.80. The molecule has 0 unspecified atom stereocenters. The summed E-state index contributed by atoms with van der Waals surface area (Å²) in [5.41, 5.74) is 1.15. The number of piperidine rings is 1. The average molecular weight is 399 g/mol. The highest BCUT2D eigenvalue weighted by atomic mass is 16.5. The zero-order chi connectivity index (χ0) is 20.2. The Morgan fingerprint density at radius 3 is 2.59 bits per heavy atom. The predicted molar refractivity (Wildman–Crippen MR) is 110 cm³/mol. The standard InChI is InChI=1S/C23H30N2O4/c26-21-15-29-20-8-7-18(14-19(20)24-21)23(28)17-10-12-25(13-11-17)22(27)9-6-16-4-2-1-3-5-16/h7-8,14,16-17H,1-6,9-13,15H2,(H,24,26). The highest BCUT2D eigenvalue weighted by molar-refractivity contribution is 6.01. The smallest absolute Gasteiger partial charge is 0.262 e. The number of carbonyl (C=O) groups is 3. The van der Waals surface area contributed by atoms with Gasteiger partial charge in [-0.2, -0.15) is 0 Å². The summed E-state index contributed by atoms with van der Waals surface area (Å²) in [6.07, 6.45) is 9.58. The van der Waals surface area contributed by atoms with Crippen molar-refractivity contribution in [3.8, 4) is 5.75 Å². The first-order valence-electron chi connectivity index (χ1n) is 11.0. The Morgan fingerprint density at radius 2 is 1.83 bits per heavy atom. The van der Waals surface area contributed by atoms with E-state index in [9.17, 15) is 14.4 Å². The van der Waals surface area contributed by atoms with Gasteiger partial charge in [-0.25, -0.2) is 0 Å². The van der Waals surface area contributed by atoms with Crippen LogP contribution in [0.4, 0.5) is 5.69 Å². The minimum atomic E-state index is -0.206. The highest BCUT2D eigenvalue weighted by Gasteiger charge is 2.29. The van der Waals surface area contributed by atoms with Crippen LogP contribution in [0.2, 0.25) is 0 Å². The van der Waals surface area contributed by atoms with Crippen molar-refractivity contribution in [2.45, 2.75) is 57.8 Å². The lowest BCUT2D eigenvalue weighted by molar-refractivity contribution is -0.132. The molecule has 2 fully saturated rings. The van der Waals surface area contributed by atoms with E-state index >= 15 is 0 Å². The Hall–Kier alpha value is -2.37. The molecule has 0 radical (unpaired) electrons. The normalized spacial score (nSPS) is 20.6. The molecule has 0 aromatic heterocycles. The summed E-state index contributed by atoms with van der Waals surface area (Å²) in [5.74, 6) is 1.37. The molecule has 1 aromatic carbocycles. The fraction of sp³-hybridized carbons (Fsp3) is 0.609. The molecule has 6 nitrogen and oxygen atoms in total. The second kappa shape index (κ2) is 8.97. The minimum Gasteiger partial charge on any atom is -0.482 e. The van der Waals surface area contributed by atoms with E-state index in [0.29, 0.717) is 49.4 Å². The first kappa shape index (κ1) is 19.9. The number of hydrogen-bond donors (Lipinski definition) is 1. The molecule has 3 aliphatic rings. The Bertz CT molecular complexity index is 777.